The van der Waals surface area contributed by atoms with Gasteiger partial charge in [-0.05, 0) is 81.6 Å². The van der Waals surface area contributed by atoms with Gasteiger partial charge in [-0.15, -0.1) is 0 Å². The van der Waals surface area contributed by atoms with Gasteiger partial charge in [0.1, 0.15) is 0 Å². The van der Waals surface area contributed by atoms with Crippen LogP contribution in [0.2, 0.25) is 0 Å². The summed E-state index contributed by atoms with van der Waals surface area (Å²) in [6.45, 7) is 7.97. The Bertz CT molecular complexity index is 953. The molecule has 0 aromatic heterocycles. The molecule has 1 fully saturated rings. The second kappa shape index (κ2) is 10.1. The van der Waals surface area contributed by atoms with Gasteiger partial charge in [0, 0.05) is 12.1 Å². The lowest BCUT2D eigenvalue weighted by Crippen LogP contribution is -2.35. The lowest BCUT2D eigenvalue weighted by Gasteiger charge is -2.30. The third-order valence-corrected chi connectivity index (χ3v) is 6.99. The number of anilines is 1. The molecule has 0 spiro atoms. The quantitative estimate of drug-likeness (QED) is 0.628. The number of aryl methyl sites for hydroxylation is 1. The van der Waals surface area contributed by atoms with Crippen LogP contribution in [0.3, 0.4) is 0 Å². The fourth-order valence-electron chi connectivity index (χ4n) is 3.57. The van der Waals surface area contributed by atoms with E-state index in [1.807, 2.05) is 6.92 Å². The van der Waals surface area contributed by atoms with Crippen LogP contribution in [-0.4, -0.2) is 45.4 Å². The van der Waals surface area contributed by atoms with Crippen molar-refractivity contribution in [1.82, 2.24) is 10.2 Å². The van der Waals surface area contributed by atoms with E-state index in [1.165, 1.54) is 25.0 Å². The molecular formula is C23H31N3O3S. The minimum absolute atomic E-state index is 0.186. The van der Waals surface area contributed by atoms with Crippen LogP contribution >= 0.6 is 0 Å². The maximum atomic E-state index is 12.6. The van der Waals surface area contributed by atoms with Gasteiger partial charge >= 0.3 is 0 Å². The van der Waals surface area contributed by atoms with Crippen molar-refractivity contribution < 1.29 is 13.2 Å². The molecule has 3 rings (SSSR count). The summed E-state index contributed by atoms with van der Waals surface area (Å²) in [6.07, 6.45) is 3.40. The zero-order chi connectivity index (χ0) is 21.6. The van der Waals surface area contributed by atoms with Crippen LogP contribution < -0.4 is 10.0 Å². The van der Waals surface area contributed by atoms with Crippen LogP contribution in [0.5, 0.6) is 0 Å². The summed E-state index contributed by atoms with van der Waals surface area (Å²) in [5.41, 5.74) is 1.61. The highest BCUT2D eigenvalue weighted by atomic mass is 32.2. The average molecular weight is 430 g/mol. The largest absolute Gasteiger partial charge is 0.352 e. The van der Waals surface area contributed by atoms with Gasteiger partial charge in [0.15, 0.2) is 0 Å². The van der Waals surface area contributed by atoms with Gasteiger partial charge < -0.3 is 10.2 Å². The number of amides is 1. The second-order valence-electron chi connectivity index (χ2n) is 8.08. The first kappa shape index (κ1) is 22.3. The van der Waals surface area contributed by atoms with E-state index in [2.05, 4.69) is 21.9 Å². The standard InChI is InChI=1S/C23H31N3O3S/c1-18-11-15-26(16-12-18)14-6-13-24-23(27)20-10-9-19(2)22(17-20)25-30(28,29)21-7-4-3-5-8-21/h3-5,7-10,17-18,25H,6,11-16H2,1-2H3,(H,24,27). The smallest absolute Gasteiger partial charge is 0.261 e. The van der Waals surface area contributed by atoms with Crippen LogP contribution in [0.25, 0.3) is 0 Å². The van der Waals surface area contributed by atoms with Crippen molar-refractivity contribution in [1.29, 1.82) is 0 Å². The first-order valence-corrected chi connectivity index (χ1v) is 12.0. The number of rotatable bonds is 8. The SMILES string of the molecule is Cc1ccc(C(=O)NCCCN2CCC(C)CC2)cc1NS(=O)(=O)c1ccccc1. The third-order valence-electron chi connectivity index (χ3n) is 5.61. The molecule has 0 aliphatic carbocycles. The number of hydrogen-bond acceptors (Lipinski definition) is 4. The van der Waals surface area contributed by atoms with Gasteiger partial charge in [-0.2, -0.15) is 0 Å². The number of carbonyl (C=O) groups excluding carboxylic acids is 1. The van der Waals surface area contributed by atoms with Crippen LogP contribution in [0.4, 0.5) is 5.69 Å². The fraction of sp³-hybridized carbons (Fsp3) is 0.435. The van der Waals surface area contributed by atoms with Crippen LogP contribution in [-0.2, 0) is 10.0 Å². The zero-order valence-corrected chi connectivity index (χ0v) is 18.5. The monoisotopic (exact) mass is 429 g/mol. The van der Waals surface area contributed by atoms with Gasteiger partial charge in [-0.25, -0.2) is 8.42 Å². The van der Waals surface area contributed by atoms with E-state index in [9.17, 15) is 13.2 Å². The maximum absolute atomic E-state index is 12.6. The molecule has 1 heterocycles. The number of benzene rings is 2. The molecule has 2 aromatic carbocycles. The average Bonchev–Trinajstić information content (AvgIpc) is 2.74. The minimum atomic E-state index is -3.70. The molecule has 1 aliphatic heterocycles. The Morgan fingerprint density at radius 3 is 2.50 bits per heavy atom. The van der Waals surface area contributed by atoms with Gasteiger partial charge in [-0.1, -0.05) is 31.2 Å². The summed E-state index contributed by atoms with van der Waals surface area (Å²) in [7, 11) is -3.70. The molecule has 0 bridgehead atoms. The van der Waals surface area contributed by atoms with Gasteiger partial charge in [0.25, 0.3) is 15.9 Å². The Hall–Kier alpha value is -2.38. The molecule has 0 unspecified atom stereocenters. The number of nitrogens with zero attached hydrogens (tertiary/aromatic N) is 1. The Balaban J connectivity index is 1.55. The molecule has 0 radical (unpaired) electrons. The van der Waals surface area contributed by atoms with E-state index >= 15 is 0 Å². The molecule has 0 saturated carbocycles. The highest BCUT2D eigenvalue weighted by Crippen LogP contribution is 2.21. The van der Waals surface area contributed by atoms with Crippen LogP contribution in [0, 0.1) is 12.8 Å². The van der Waals surface area contributed by atoms with Crippen LogP contribution in [0.1, 0.15) is 42.1 Å². The molecule has 1 amide bonds. The van der Waals surface area contributed by atoms with Gasteiger partial charge in [0.05, 0.1) is 10.6 Å². The fourth-order valence-corrected chi connectivity index (χ4v) is 4.71. The summed E-state index contributed by atoms with van der Waals surface area (Å²) in [4.78, 5) is 15.2. The van der Waals surface area contributed by atoms with Crippen molar-refractivity contribution in [3.05, 3.63) is 59.7 Å². The lowest BCUT2D eigenvalue weighted by atomic mass is 9.99. The van der Waals surface area contributed by atoms with E-state index < -0.39 is 10.0 Å². The summed E-state index contributed by atoms with van der Waals surface area (Å²) in [5.74, 6) is 0.624. The van der Waals surface area contributed by atoms with E-state index in [0.29, 0.717) is 17.8 Å². The van der Waals surface area contributed by atoms with Crippen molar-refractivity contribution >= 4 is 21.6 Å². The molecule has 6 nitrogen and oxygen atoms in total. The summed E-state index contributed by atoms with van der Waals surface area (Å²) < 4.78 is 27.8. The normalized spacial score (nSPS) is 15.7. The number of likely N-dealkylation sites (tertiary alicyclic amines) is 1. The van der Waals surface area contributed by atoms with Gasteiger partial charge in [0.2, 0.25) is 0 Å². The van der Waals surface area contributed by atoms with Crippen molar-refractivity contribution in [2.45, 2.75) is 38.0 Å². The molecule has 162 valence electrons. The molecule has 2 N–H and O–H groups in total. The van der Waals surface area contributed by atoms with E-state index in [4.69, 9.17) is 0 Å². The zero-order valence-electron chi connectivity index (χ0n) is 17.7. The van der Waals surface area contributed by atoms with Crippen LogP contribution in [0.15, 0.2) is 53.4 Å². The molecule has 2 aromatic rings. The molecule has 0 atom stereocenters. The predicted octanol–water partition coefficient (Wildman–Crippen LogP) is 3.65. The minimum Gasteiger partial charge on any atom is -0.352 e. The van der Waals surface area contributed by atoms with Crippen molar-refractivity contribution in [3.63, 3.8) is 0 Å². The van der Waals surface area contributed by atoms with Gasteiger partial charge in [-0.3, -0.25) is 9.52 Å². The summed E-state index contributed by atoms with van der Waals surface area (Å²) in [5, 5.41) is 2.95. The number of sulfonamides is 1. The Morgan fingerprint density at radius 1 is 1.10 bits per heavy atom. The second-order valence-corrected chi connectivity index (χ2v) is 9.76. The molecular weight excluding hydrogens is 398 g/mol. The van der Waals surface area contributed by atoms with Crippen molar-refractivity contribution in [3.8, 4) is 0 Å². The summed E-state index contributed by atoms with van der Waals surface area (Å²) in [6, 6.07) is 13.3. The number of nitrogens with one attached hydrogen (secondary N) is 2. The number of carbonyl (C=O) groups is 1. The molecule has 1 saturated heterocycles. The number of piperidine rings is 1. The highest BCUT2D eigenvalue weighted by molar-refractivity contribution is 7.92. The molecule has 7 heteroatoms. The summed E-state index contributed by atoms with van der Waals surface area (Å²) >= 11 is 0. The number of hydrogen-bond donors (Lipinski definition) is 2. The lowest BCUT2D eigenvalue weighted by molar-refractivity contribution is 0.0950. The predicted molar refractivity (Wildman–Crippen MR) is 120 cm³/mol. The Labute approximate surface area is 179 Å². The molecule has 1 aliphatic rings. The topological polar surface area (TPSA) is 78.5 Å². The van der Waals surface area contributed by atoms with E-state index in [0.717, 1.165) is 37.5 Å². The van der Waals surface area contributed by atoms with E-state index in [-0.39, 0.29) is 10.8 Å². The maximum Gasteiger partial charge on any atom is 0.261 e. The first-order chi connectivity index (χ1) is 14.3. The highest BCUT2D eigenvalue weighted by Gasteiger charge is 2.17. The third kappa shape index (κ3) is 6.06. The first-order valence-electron chi connectivity index (χ1n) is 10.5. The Morgan fingerprint density at radius 2 is 1.80 bits per heavy atom. The van der Waals surface area contributed by atoms with E-state index in [1.54, 1.807) is 36.4 Å². The molecule has 30 heavy (non-hydrogen) atoms. The Kier molecular flexibility index (Phi) is 7.50. The van der Waals surface area contributed by atoms with Crippen molar-refractivity contribution in [2.75, 3.05) is 30.9 Å². The van der Waals surface area contributed by atoms with Crippen molar-refractivity contribution in [2.24, 2.45) is 5.92 Å².